The summed E-state index contributed by atoms with van der Waals surface area (Å²) >= 11 is 0. The lowest BCUT2D eigenvalue weighted by Gasteiger charge is -2.07. The summed E-state index contributed by atoms with van der Waals surface area (Å²) < 4.78 is 6.98. The number of imidazole rings is 1. The molecule has 0 aliphatic carbocycles. The van der Waals surface area contributed by atoms with Crippen LogP contribution in [0.15, 0.2) is 42.7 Å². The van der Waals surface area contributed by atoms with E-state index in [1.807, 2.05) is 36.5 Å². The van der Waals surface area contributed by atoms with Crippen molar-refractivity contribution < 1.29 is 9.53 Å². The van der Waals surface area contributed by atoms with Gasteiger partial charge in [-0.25, -0.2) is 4.98 Å². The highest BCUT2D eigenvalue weighted by atomic mass is 16.5. The number of hydrogen-bond donors (Lipinski definition) is 0. The number of ether oxygens (including phenoxy) is 1. The van der Waals surface area contributed by atoms with Crippen LogP contribution in [-0.4, -0.2) is 22.1 Å². The molecule has 0 amide bonds. The fourth-order valence-corrected chi connectivity index (χ4v) is 1.79. The van der Waals surface area contributed by atoms with E-state index in [1.165, 1.54) is 6.92 Å². The third kappa shape index (κ3) is 3.20. The third-order valence-corrected chi connectivity index (χ3v) is 2.60. The number of carbonyl (C=O) groups is 1. The number of hydrogen-bond acceptors (Lipinski definition) is 3. The summed E-state index contributed by atoms with van der Waals surface area (Å²) in [4.78, 5) is 15.0. The lowest BCUT2D eigenvalue weighted by molar-refractivity contribution is -0.141. The van der Waals surface area contributed by atoms with Gasteiger partial charge in [-0.05, 0) is 6.42 Å². The van der Waals surface area contributed by atoms with Crippen molar-refractivity contribution in [2.24, 2.45) is 0 Å². The van der Waals surface area contributed by atoms with Crippen molar-refractivity contribution in [2.75, 3.05) is 6.61 Å². The SMILES string of the molecule is CC(=O)OCCCn1ccnc1-c1ccccc1. The van der Waals surface area contributed by atoms with E-state index in [-0.39, 0.29) is 5.97 Å². The Morgan fingerprint density at radius 1 is 1.33 bits per heavy atom. The maximum atomic E-state index is 10.7. The van der Waals surface area contributed by atoms with Gasteiger partial charge < -0.3 is 9.30 Å². The van der Waals surface area contributed by atoms with Crippen molar-refractivity contribution in [3.05, 3.63) is 42.7 Å². The van der Waals surface area contributed by atoms with Gasteiger partial charge in [0.05, 0.1) is 6.61 Å². The molecule has 4 heteroatoms. The zero-order valence-corrected chi connectivity index (χ0v) is 10.4. The molecule has 4 nitrogen and oxygen atoms in total. The van der Waals surface area contributed by atoms with E-state index in [0.29, 0.717) is 6.61 Å². The third-order valence-electron chi connectivity index (χ3n) is 2.60. The smallest absolute Gasteiger partial charge is 0.302 e. The quantitative estimate of drug-likeness (QED) is 0.599. The zero-order valence-electron chi connectivity index (χ0n) is 10.4. The Bertz CT molecular complexity index is 506. The number of nitrogens with zero attached hydrogens (tertiary/aromatic N) is 2. The average molecular weight is 244 g/mol. The summed E-state index contributed by atoms with van der Waals surface area (Å²) in [7, 11) is 0. The normalized spacial score (nSPS) is 10.3. The van der Waals surface area contributed by atoms with Gasteiger partial charge in [-0.1, -0.05) is 30.3 Å². The first-order chi connectivity index (χ1) is 8.77. The minimum atomic E-state index is -0.232. The largest absolute Gasteiger partial charge is 0.466 e. The van der Waals surface area contributed by atoms with Crippen molar-refractivity contribution in [2.45, 2.75) is 19.9 Å². The molecule has 0 aliphatic rings. The van der Waals surface area contributed by atoms with Crippen LogP contribution in [0.5, 0.6) is 0 Å². The van der Waals surface area contributed by atoms with Gasteiger partial charge in [0.2, 0.25) is 0 Å². The fourth-order valence-electron chi connectivity index (χ4n) is 1.79. The average Bonchev–Trinajstić information content (AvgIpc) is 2.84. The molecule has 0 saturated heterocycles. The molecule has 0 saturated carbocycles. The standard InChI is InChI=1S/C14H16N2O2/c1-12(17)18-11-5-9-16-10-8-15-14(16)13-6-3-2-4-7-13/h2-4,6-8,10H,5,9,11H2,1H3. The van der Waals surface area contributed by atoms with Crippen LogP contribution in [0.3, 0.4) is 0 Å². The summed E-state index contributed by atoms with van der Waals surface area (Å²) in [6.07, 6.45) is 4.51. The molecular formula is C14H16N2O2. The molecule has 0 unspecified atom stereocenters. The molecule has 0 bridgehead atoms. The van der Waals surface area contributed by atoms with Crippen LogP contribution >= 0.6 is 0 Å². The molecule has 18 heavy (non-hydrogen) atoms. The molecule has 2 rings (SSSR count). The number of aromatic nitrogens is 2. The first kappa shape index (κ1) is 12.4. The van der Waals surface area contributed by atoms with Crippen molar-refractivity contribution in [1.29, 1.82) is 0 Å². The van der Waals surface area contributed by atoms with E-state index in [1.54, 1.807) is 6.20 Å². The van der Waals surface area contributed by atoms with E-state index in [4.69, 9.17) is 4.74 Å². The van der Waals surface area contributed by atoms with Gasteiger partial charge >= 0.3 is 5.97 Å². The Morgan fingerprint density at radius 2 is 2.11 bits per heavy atom. The number of esters is 1. The van der Waals surface area contributed by atoms with E-state index in [2.05, 4.69) is 9.55 Å². The Morgan fingerprint density at radius 3 is 2.83 bits per heavy atom. The maximum absolute atomic E-state index is 10.7. The van der Waals surface area contributed by atoms with E-state index in [9.17, 15) is 4.79 Å². The summed E-state index contributed by atoms with van der Waals surface area (Å²) in [5.74, 6) is 0.710. The van der Waals surface area contributed by atoms with Gasteiger partial charge in [-0.2, -0.15) is 0 Å². The molecule has 0 radical (unpaired) electrons. The molecule has 94 valence electrons. The molecule has 1 aromatic carbocycles. The van der Waals surface area contributed by atoms with Gasteiger partial charge in [0.15, 0.2) is 0 Å². The first-order valence-electron chi connectivity index (χ1n) is 5.97. The lowest BCUT2D eigenvalue weighted by Crippen LogP contribution is -2.06. The second-order valence-corrected chi connectivity index (χ2v) is 4.00. The number of aryl methyl sites for hydroxylation is 1. The summed E-state index contributed by atoms with van der Waals surface area (Å²) in [5, 5.41) is 0. The molecule has 0 aliphatic heterocycles. The fraction of sp³-hybridized carbons (Fsp3) is 0.286. The Kier molecular flexibility index (Phi) is 4.12. The lowest BCUT2D eigenvalue weighted by atomic mass is 10.2. The Labute approximate surface area is 106 Å². The van der Waals surface area contributed by atoms with Crippen LogP contribution in [0.4, 0.5) is 0 Å². The minimum Gasteiger partial charge on any atom is -0.466 e. The van der Waals surface area contributed by atoms with E-state index >= 15 is 0 Å². The van der Waals surface area contributed by atoms with Gasteiger partial charge in [0.1, 0.15) is 5.82 Å². The molecule has 0 N–H and O–H groups in total. The van der Waals surface area contributed by atoms with Crippen LogP contribution in [0.2, 0.25) is 0 Å². The van der Waals surface area contributed by atoms with E-state index < -0.39 is 0 Å². The maximum Gasteiger partial charge on any atom is 0.302 e. The predicted molar refractivity (Wildman–Crippen MR) is 68.9 cm³/mol. The van der Waals surface area contributed by atoms with Gasteiger partial charge in [-0.3, -0.25) is 4.79 Å². The van der Waals surface area contributed by atoms with Crippen LogP contribution < -0.4 is 0 Å². The van der Waals surface area contributed by atoms with Crippen molar-refractivity contribution >= 4 is 5.97 Å². The van der Waals surface area contributed by atoms with Crippen LogP contribution in [0.25, 0.3) is 11.4 Å². The predicted octanol–water partition coefficient (Wildman–Crippen LogP) is 2.50. The van der Waals surface area contributed by atoms with Gasteiger partial charge in [0.25, 0.3) is 0 Å². The molecular weight excluding hydrogens is 228 g/mol. The monoisotopic (exact) mass is 244 g/mol. The van der Waals surface area contributed by atoms with Crippen molar-refractivity contribution in [3.8, 4) is 11.4 Å². The molecule has 1 heterocycles. The first-order valence-corrected chi connectivity index (χ1v) is 5.97. The van der Waals surface area contributed by atoms with Crippen molar-refractivity contribution in [3.63, 3.8) is 0 Å². The zero-order chi connectivity index (χ0) is 12.8. The molecule has 0 spiro atoms. The highest BCUT2D eigenvalue weighted by Crippen LogP contribution is 2.16. The number of rotatable bonds is 5. The van der Waals surface area contributed by atoms with Gasteiger partial charge in [0, 0.05) is 31.4 Å². The summed E-state index contributed by atoms with van der Waals surface area (Å²) in [5.41, 5.74) is 1.09. The highest BCUT2D eigenvalue weighted by molar-refractivity contribution is 5.65. The highest BCUT2D eigenvalue weighted by Gasteiger charge is 2.04. The molecule has 0 fully saturated rings. The number of benzene rings is 1. The molecule has 1 aromatic heterocycles. The Hall–Kier alpha value is -2.10. The second kappa shape index (κ2) is 6.00. The van der Waals surface area contributed by atoms with Crippen LogP contribution in [-0.2, 0) is 16.1 Å². The molecule has 0 atom stereocenters. The Balaban J connectivity index is 1.98. The second-order valence-electron chi connectivity index (χ2n) is 4.00. The summed E-state index contributed by atoms with van der Waals surface area (Å²) in [6, 6.07) is 10.0. The summed E-state index contributed by atoms with van der Waals surface area (Å²) in [6.45, 7) is 2.66. The number of carbonyl (C=O) groups excluding carboxylic acids is 1. The topological polar surface area (TPSA) is 44.1 Å². The molecule has 2 aromatic rings. The van der Waals surface area contributed by atoms with E-state index in [0.717, 1.165) is 24.4 Å². The van der Waals surface area contributed by atoms with Gasteiger partial charge in [-0.15, -0.1) is 0 Å². The van der Waals surface area contributed by atoms with Crippen LogP contribution in [0, 0.1) is 0 Å². The van der Waals surface area contributed by atoms with Crippen molar-refractivity contribution in [1.82, 2.24) is 9.55 Å². The van der Waals surface area contributed by atoms with Crippen LogP contribution in [0.1, 0.15) is 13.3 Å². The minimum absolute atomic E-state index is 0.232.